The van der Waals surface area contributed by atoms with Crippen LogP contribution in [0.1, 0.15) is 21.1 Å². The highest BCUT2D eigenvalue weighted by atomic mass is 32.2. The Morgan fingerprint density at radius 1 is 1.48 bits per heavy atom. The predicted octanol–water partition coefficient (Wildman–Crippen LogP) is 1.77. The fourth-order valence-electron chi connectivity index (χ4n) is 1.59. The van der Waals surface area contributed by atoms with Gasteiger partial charge in [-0.2, -0.15) is 0 Å². The summed E-state index contributed by atoms with van der Waals surface area (Å²) in [5.74, 6) is -2.44. The molecule has 2 rings (SSSR count). The van der Waals surface area contributed by atoms with Gasteiger partial charge in [-0.15, -0.1) is 11.3 Å². The van der Waals surface area contributed by atoms with Gasteiger partial charge in [-0.05, 0) is 25.1 Å². The number of benzene rings is 1. The lowest BCUT2D eigenvalue weighted by atomic mass is 10.2. The smallest absolute Gasteiger partial charge is 0.335 e. The van der Waals surface area contributed by atoms with Crippen LogP contribution in [0.2, 0.25) is 0 Å². The van der Waals surface area contributed by atoms with Crippen molar-refractivity contribution in [2.24, 2.45) is 0 Å². The van der Waals surface area contributed by atoms with Gasteiger partial charge in [0.25, 0.3) is 0 Å². The first-order valence-corrected chi connectivity index (χ1v) is 8.09. The summed E-state index contributed by atoms with van der Waals surface area (Å²) < 4.78 is 39.9. The summed E-state index contributed by atoms with van der Waals surface area (Å²) in [5.41, 5.74) is 0.213. The lowest BCUT2D eigenvalue weighted by molar-refractivity contribution is 0.0696. The van der Waals surface area contributed by atoms with E-state index in [1.807, 2.05) is 0 Å². The second-order valence-electron chi connectivity index (χ2n) is 4.13. The molecule has 6 nitrogen and oxygen atoms in total. The predicted molar refractivity (Wildman–Crippen MR) is 74.2 cm³/mol. The first kappa shape index (κ1) is 15.5. The Morgan fingerprint density at radius 2 is 2.19 bits per heavy atom. The highest BCUT2D eigenvalue weighted by molar-refractivity contribution is 7.89. The van der Waals surface area contributed by atoms with Crippen LogP contribution in [0.4, 0.5) is 4.39 Å². The molecule has 0 saturated heterocycles. The molecule has 0 aliphatic carbocycles. The lowest BCUT2D eigenvalue weighted by Gasteiger charge is -2.07. The van der Waals surface area contributed by atoms with Gasteiger partial charge >= 0.3 is 5.97 Å². The molecule has 0 aliphatic rings. The van der Waals surface area contributed by atoms with Crippen LogP contribution < -0.4 is 4.72 Å². The van der Waals surface area contributed by atoms with E-state index in [9.17, 15) is 17.6 Å². The van der Waals surface area contributed by atoms with Crippen molar-refractivity contribution < 1.29 is 22.7 Å². The number of carboxylic acids is 1. The van der Waals surface area contributed by atoms with Crippen molar-refractivity contribution in [3.8, 4) is 0 Å². The van der Waals surface area contributed by atoms with Crippen LogP contribution in [0.25, 0.3) is 0 Å². The number of hydrogen-bond donors (Lipinski definition) is 2. The lowest BCUT2D eigenvalue weighted by Crippen LogP contribution is -2.24. The van der Waals surface area contributed by atoms with Crippen LogP contribution in [0.3, 0.4) is 0 Å². The molecule has 112 valence electrons. The third-order valence-electron chi connectivity index (χ3n) is 2.58. The van der Waals surface area contributed by atoms with Crippen LogP contribution in [0.15, 0.2) is 28.5 Å². The van der Waals surface area contributed by atoms with Gasteiger partial charge in [-0.25, -0.2) is 27.3 Å². The number of rotatable bonds is 5. The fourth-order valence-corrected chi connectivity index (χ4v) is 3.26. The number of hydrogen-bond acceptors (Lipinski definition) is 5. The van der Waals surface area contributed by atoms with Crippen LogP contribution >= 0.6 is 11.3 Å². The first-order valence-electron chi connectivity index (χ1n) is 5.73. The summed E-state index contributed by atoms with van der Waals surface area (Å²) in [7, 11) is -4.08. The summed E-state index contributed by atoms with van der Waals surface area (Å²) >= 11 is 1.37. The van der Waals surface area contributed by atoms with Crippen molar-refractivity contribution in [1.82, 2.24) is 9.71 Å². The Bertz CT molecular complexity index is 786. The van der Waals surface area contributed by atoms with Gasteiger partial charge in [-0.1, -0.05) is 0 Å². The van der Waals surface area contributed by atoms with E-state index in [4.69, 9.17) is 5.11 Å². The fraction of sp³-hybridized carbons (Fsp3) is 0.167. The number of aromatic nitrogens is 1. The van der Waals surface area contributed by atoms with Crippen LogP contribution in [0.5, 0.6) is 0 Å². The zero-order valence-electron chi connectivity index (χ0n) is 10.8. The van der Waals surface area contributed by atoms with Crippen molar-refractivity contribution in [3.05, 3.63) is 45.7 Å². The molecule has 0 amide bonds. The second kappa shape index (κ2) is 5.88. The average molecular weight is 330 g/mol. The minimum absolute atomic E-state index is 0.0627. The summed E-state index contributed by atoms with van der Waals surface area (Å²) in [6.07, 6.45) is 0. The largest absolute Gasteiger partial charge is 0.478 e. The quantitative estimate of drug-likeness (QED) is 0.871. The van der Waals surface area contributed by atoms with E-state index >= 15 is 0 Å². The van der Waals surface area contributed by atoms with Crippen molar-refractivity contribution in [1.29, 1.82) is 0 Å². The molecule has 0 spiro atoms. The van der Waals surface area contributed by atoms with E-state index in [-0.39, 0.29) is 12.1 Å². The van der Waals surface area contributed by atoms with E-state index < -0.39 is 26.7 Å². The Kier molecular flexibility index (Phi) is 4.35. The van der Waals surface area contributed by atoms with E-state index in [0.29, 0.717) is 11.8 Å². The number of halogens is 1. The van der Waals surface area contributed by atoms with Gasteiger partial charge in [0.2, 0.25) is 10.0 Å². The molecule has 0 aliphatic heterocycles. The number of nitrogens with one attached hydrogen (secondary N) is 1. The topological polar surface area (TPSA) is 96.4 Å². The molecule has 0 unspecified atom stereocenters. The van der Waals surface area contributed by atoms with Gasteiger partial charge in [0.1, 0.15) is 10.7 Å². The second-order valence-corrected chi connectivity index (χ2v) is 6.93. The highest BCUT2D eigenvalue weighted by Crippen LogP contribution is 2.17. The van der Waals surface area contributed by atoms with Crippen LogP contribution in [-0.2, 0) is 16.6 Å². The Morgan fingerprint density at radius 3 is 2.71 bits per heavy atom. The number of sulfonamides is 1. The summed E-state index contributed by atoms with van der Waals surface area (Å²) in [6.45, 7) is 1.72. The molecule has 0 bridgehead atoms. The van der Waals surface area contributed by atoms with Gasteiger partial charge in [0, 0.05) is 5.38 Å². The molecule has 0 atom stereocenters. The van der Waals surface area contributed by atoms with E-state index in [1.165, 1.54) is 11.3 Å². The average Bonchev–Trinajstić information content (AvgIpc) is 2.82. The molecule has 21 heavy (non-hydrogen) atoms. The van der Waals surface area contributed by atoms with Crippen LogP contribution in [0, 0.1) is 12.7 Å². The Hall–Kier alpha value is -1.84. The minimum Gasteiger partial charge on any atom is -0.478 e. The third-order valence-corrected chi connectivity index (χ3v) is 4.84. The van der Waals surface area contributed by atoms with Crippen molar-refractivity contribution in [2.45, 2.75) is 18.4 Å². The molecule has 2 N–H and O–H groups in total. The molecule has 0 saturated carbocycles. The number of nitrogens with zero attached hydrogens (tertiary/aromatic N) is 1. The molecular weight excluding hydrogens is 319 g/mol. The normalized spacial score (nSPS) is 11.5. The Labute approximate surface area is 124 Å². The molecule has 1 aromatic carbocycles. The number of aromatic carboxylic acids is 1. The molecule has 1 aromatic heterocycles. The van der Waals surface area contributed by atoms with Crippen molar-refractivity contribution >= 4 is 27.3 Å². The maximum Gasteiger partial charge on any atom is 0.335 e. The molecular formula is C12H11FN2O4S2. The molecule has 1 heterocycles. The van der Waals surface area contributed by atoms with Crippen molar-refractivity contribution in [2.75, 3.05) is 0 Å². The van der Waals surface area contributed by atoms with Crippen molar-refractivity contribution in [3.63, 3.8) is 0 Å². The molecule has 0 fully saturated rings. The standard InChI is InChI=1S/C12H11FN2O4S2/c1-7-15-9(6-20-7)5-14-21(18,19)11-3-2-8(12(16)17)4-10(11)13/h2-4,6,14H,5H2,1H3,(H,16,17). The zero-order valence-corrected chi connectivity index (χ0v) is 12.5. The van der Waals surface area contributed by atoms with Gasteiger partial charge < -0.3 is 5.11 Å². The summed E-state index contributed by atoms with van der Waals surface area (Å²) in [5, 5.41) is 11.2. The minimum atomic E-state index is -4.08. The van der Waals surface area contributed by atoms with Gasteiger partial charge in [0.05, 0.1) is 22.8 Å². The number of thiazole rings is 1. The van der Waals surface area contributed by atoms with Crippen LogP contribution in [-0.4, -0.2) is 24.5 Å². The molecule has 9 heteroatoms. The molecule has 0 radical (unpaired) electrons. The SMILES string of the molecule is Cc1nc(CNS(=O)(=O)c2ccc(C(=O)O)cc2F)cs1. The van der Waals surface area contributed by atoms with Gasteiger partial charge in [0.15, 0.2) is 0 Å². The Balaban J connectivity index is 2.21. The molecule has 2 aromatic rings. The summed E-state index contributed by atoms with van der Waals surface area (Å²) in [6, 6.07) is 2.63. The number of carboxylic acid groups (broad SMARTS) is 1. The first-order chi connectivity index (χ1) is 9.79. The maximum absolute atomic E-state index is 13.7. The zero-order chi connectivity index (χ0) is 15.6. The number of aryl methyl sites for hydroxylation is 1. The maximum atomic E-state index is 13.7. The van der Waals surface area contributed by atoms with E-state index in [0.717, 1.165) is 17.1 Å². The summed E-state index contributed by atoms with van der Waals surface area (Å²) in [4.78, 5) is 14.2. The van der Waals surface area contributed by atoms with E-state index in [1.54, 1.807) is 12.3 Å². The van der Waals surface area contributed by atoms with E-state index in [2.05, 4.69) is 9.71 Å². The monoisotopic (exact) mass is 330 g/mol. The van der Waals surface area contributed by atoms with Gasteiger partial charge in [-0.3, -0.25) is 0 Å². The third kappa shape index (κ3) is 3.63. The highest BCUT2D eigenvalue weighted by Gasteiger charge is 2.20. The number of carbonyl (C=O) groups is 1.